The summed E-state index contributed by atoms with van der Waals surface area (Å²) in [6.45, 7) is 0.238. The van der Waals surface area contributed by atoms with Crippen LogP contribution in [0.3, 0.4) is 0 Å². The molecule has 1 aromatic carbocycles. The Labute approximate surface area is 156 Å². The molecule has 7 nitrogen and oxygen atoms in total. The van der Waals surface area contributed by atoms with Crippen molar-refractivity contribution in [1.29, 1.82) is 0 Å². The largest absolute Gasteiger partial charge is 0.489 e. The zero-order valence-corrected chi connectivity index (χ0v) is 14.9. The van der Waals surface area contributed by atoms with Crippen LogP contribution in [0.2, 0.25) is 0 Å². The van der Waals surface area contributed by atoms with Crippen molar-refractivity contribution in [2.75, 3.05) is 0 Å². The fourth-order valence-corrected chi connectivity index (χ4v) is 4.48. The van der Waals surface area contributed by atoms with Crippen LogP contribution in [-0.2, 0) is 11.3 Å². The second kappa shape index (κ2) is 6.64. The summed E-state index contributed by atoms with van der Waals surface area (Å²) < 4.78 is 7.80. The summed E-state index contributed by atoms with van der Waals surface area (Å²) in [7, 11) is 0. The van der Waals surface area contributed by atoms with Gasteiger partial charge in [-0.3, -0.25) is 9.78 Å². The van der Waals surface area contributed by atoms with E-state index in [1.807, 2.05) is 36.4 Å². The van der Waals surface area contributed by atoms with Crippen LogP contribution in [0, 0.1) is 0 Å². The van der Waals surface area contributed by atoms with Crippen molar-refractivity contribution in [2.24, 2.45) is 0 Å². The number of piperidine rings is 1. The lowest BCUT2D eigenvalue weighted by molar-refractivity contribution is -0.137. The van der Waals surface area contributed by atoms with Gasteiger partial charge in [0.2, 0.25) is 5.91 Å². The van der Waals surface area contributed by atoms with Crippen LogP contribution in [0.25, 0.3) is 11.0 Å². The van der Waals surface area contributed by atoms with Gasteiger partial charge in [0.05, 0.1) is 11.7 Å². The average Bonchev–Trinajstić information content (AvgIpc) is 3.21. The first-order valence-electron chi connectivity index (χ1n) is 9.44. The molecule has 0 spiro atoms. The molecular formula is C20H21N5O2. The molecule has 2 fully saturated rings. The average molecular weight is 363 g/mol. The standard InChI is InChI=1S/C20H21N5O2/c26-20(13-24-19-6-2-1-5-18(19)22-23-24)25-14-7-8-15(25)11-17(10-14)27-16-4-3-9-21-12-16/h1-6,9,12,14-15,17H,7-8,10-11,13H2. The van der Waals surface area contributed by atoms with Crippen molar-refractivity contribution >= 4 is 16.9 Å². The Morgan fingerprint density at radius 1 is 1.11 bits per heavy atom. The number of carbonyl (C=O) groups excluding carboxylic acids is 1. The number of pyridine rings is 1. The van der Waals surface area contributed by atoms with Gasteiger partial charge in [-0.15, -0.1) is 5.10 Å². The van der Waals surface area contributed by atoms with Gasteiger partial charge >= 0.3 is 0 Å². The number of amides is 1. The molecule has 7 heteroatoms. The van der Waals surface area contributed by atoms with Crippen molar-refractivity contribution in [1.82, 2.24) is 24.9 Å². The number of carbonyl (C=O) groups is 1. The van der Waals surface area contributed by atoms with Gasteiger partial charge in [0, 0.05) is 31.1 Å². The maximum absolute atomic E-state index is 13.0. The van der Waals surface area contributed by atoms with Gasteiger partial charge in [-0.2, -0.15) is 0 Å². The first-order valence-corrected chi connectivity index (χ1v) is 9.44. The third kappa shape index (κ3) is 3.03. The van der Waals surface area contributed by atoms with Crippen LogP contribution >= 0.6 is 0 Å². The lowest BCUT2D eigenvalue weighted by atomic mass is 9.99. The highest BCUT2D eigenvalue weighted by atomic mass is 16.5. The fraction of sp³-hybridized carbons (Fsp3) is 0.400. The molecule has 2 aromatic heterocycles. The fourth-order valence-electron chi connectivity index (χ4n) is 4.48. The third-order valence-electron chi connectivity index (χ3n) is 5.62. The molecule has 1 amide bonds. The van der Waals surface area contributed by atoms with Crippen LogP contribution in [0.4, 0.5) is 0 Å². The van der Waals surface area contributed by atoms with Crippen LogP contribution < -0.4 is 4.74 Å². The molecule has 2 atom stereocenters. The molecule has 0 aliphatic carbocycles. The highest BCUT2D eigenvalue weighted by molar-refractivity contribution is 5.80. The molecule has 0 saturated carbocycles. The molecule has 4 heterocycles. The van der Waals surface area contributed by atoms with Gasteiger partial charge in [-0.05, 0) is 37.1 Å². The van der Waals surface area contributed by atoms with E-state index in [9.17, 15) is 4.79 Å². The van der Waals surface area contributed by atoms with Crippen molar-refractivity contribution in [3.63, 3.8) is 0 Å². The van der Waals surface area contributed by atoms with Crippen LogP contribution in [-0.4, -0.2) is 49.0 Å². The van der Waals surface area contributed by atoms with Gasteiger partial charge in [-0.25, -0.2) is 4.68 Å². The molecule has 2 unspecified atom stereocenters. The summed E-state index contributed by atoms with van der Waals surface area (Å²) in [6.07, 6.45) is 7.46. The Kier molecular flexibility index (Phi) is 3.99. The summed E-state index contributed by atoms with van der Waals surface area (Å²) in [6, 6.07) is 12.0. The molecule has 2 aliphatic heterocycles. The Hall–Kier alpha value is -2.96. The molecule has 2 aliphatic rings. The van der Waals surface area contributed by atoms with E-state index in [2.05, 4.69) is 20.2 Å². The number of hydrogen-bond donors (Lipinski definition) is 0. The second-order valence-electron chi connectivity index (χ2n) is 7.32. The predicted octanol–water partition coefficient (Wildman–Crippen LogP) is 2.43. The summed E-state index contributed by atoms with van der Waals surface area (Å²) in [4.78, 5) is 19.2. The Morgan fingerprint density at radius 3 is 2.70 bits per heavy atom. The number of ether oxygens (including phenoxy) is 1. The topological polar surface area (TPSA) is 73.1 Å². The number of rotatable bonds is 4. The normalized spacial score (nSPS) is 24.3. The maximum Gasteiger partial charge on any atom is 0.244 e. The number of hydrogen-bond acceptors (Lipinski definition) is 5. The van der Waals surface area contributed by atoms with Crippen LogP contribution in [0.1, 0.15) is 25.7 Å². The first kappa shape index (κ1) is 16.2. The van der Waals surface area contributed by atoms with E-state index >= 15 is 0 Å². The third-order valence-corrected chi connectivity index (χ3v) is 5.62. The summed E-state index contributed by atoms with van der Waals surface area (Å²) >= 11 is 0. The van der Waals surface area contributed by atoms with Gasteiger partial charge in [-0.1, -0.05) is 17.3 Å². The highest BCUT2D eigenvalue weighted by Gasteiger charge is 2.44. The maximum atomic E-state index is 13.0. The lowest BCUT2D eigenvalue weighted by Crippen LogP contribution is -2.50. The van der Waals surface area contributed by atoms with E-state index in [4.69, 9.17) is 4.74 Å². The smallest absolute Gasteiger partial charge is 0.244 e. The van der Waals surface area contributed by atoms with E-state index in [0.29, 0.717) is 0 Å². The number of aromatic nitrogens is 4. The SMILES string of the molecule is O=C(Cn1nnc2ccccc21)N1C2CCC1CC(Oc1cccnc1)C2. The number of para-hydroxylation sites is 1. The Balaban J connectivity index is 1.28. The van der Waals surface area contributed by atoms with E-state index in [1.165, 1.54) is 0 Å². The van der Waals surface area contributed by atoms with E-state index in [-0.39, 0.29) is 30.6 Å². The minimum Gasteiger partial charge on any atom is -0.489 e. The van der Waals surface area contributed by atoms with Crippen molar-refractivity contribution in [3.8, 4) is 5.75 Å². The molecule has 2 bridgehead atoms. The van der Waals surface area contributed by atoms with E-state index < -0.39 is 0 Å². The van der Waals surface area contributed by atoms with E-state index in [1.54, 1.807) is 17.1 Å². The number of fused-ring (bicyclic) bond motifs is 3. The minimum atomic E-state index is 0.123. The summed E-state index contributed by atoms with van der Waals surface area (Å²) in [5.74, 6) is 0.925. The lowest BCUT2D eigenvalue weighted by Gasteiger charge is -2.38. The minimum absolute atomic E-state index is 0.123. The molecule has 5 rings (SSSR count). The molecule has 138 valence electrons. The van der Waals surface area contributed by atoms with Crippen LogP contribution in [0.5, 0.6) is 5.75 Å². The zero-order valence-electron chi connectivity index (χ0n) is 14.9. The summed E-state index contributed by atoms with van der Waals surface area (Å²) in [5, 5.41) is 8.30. The van der Waals surface area contributed by atoms with Crippen LogP contribution in [0.15, 0.2) is 48.8 Å². The van der Waals surface area contributed by atoms with Crippen molar-refractivity contribution in [3.05, 3.63) is 48.8 Å². The molecular weight excluding hydrogens is 342 g/mol. The van der Waals surface area contributed by atoms with Gasteiger partial charge in [0.25, 0.3) is 0 Å². The zero-order chi connectivity index (χ0) is 18.2. The second-order valence-corrected chi connectivity index (χ2v) is 7.32. The molecule has 27 heavy (non-hydrogen) atoms. The van der Waals surface area contributed by atoms with Gasteiger partial charge in [0.1, 0.15) is 23.9 Å². The molecule has 0 radical (unpaired) electrons. The van der Waals surface area contributed by atoms with Gasteiger partial charge < -0.3 is 9.64 Å². The Bertz CT molecular complexity index is 943. The molecule has 3 aromatic rings. The van der Waals surface area contributed by atoms with Crippen molar-refractivity contribution < 1.29 is 9.53 Å². The summed E-state index contributed by atoms with van der Waals surface area (Å²) in [5.41, 5.74) is 1.71. The predicted molar refractivity (Wildman–Crippen MR) is 99.1 cm³/mol. The number of benzene rings is 1. The Morgan fingerprint density at radius 2 is 1.93 bits per heavy atom. The molecule has 0 N–H and O–H groups in total. The number of nitrogens with zero attached hydrogens (tertiary/aromatic N) is 5. The van der Waals surface area contributed by atoms with Crippen molar-refractivity contribution in [2.45, 2.75) is 50.4 Å². The first-order chi connectivity index (χ1) is 13.3. The highest BCUT2D eigenvalue weighted by Crippen LogP contribution is 2.37. The quantitative estimate of drug-likeness (QED) is 0.712. The monoisotopic (exact) mass is 363 g/mol. The molecule has 2 saturated heterocycles. The van der Waals surface area contributed by atoms with E-state index in [0.717, 1.165) is 42.5 Å². The van der Waals surface area contributed by atoms with Gasteiger partial charge in [0.15, 0.2) is 0 Å².